The fourth-order valence-electron chi connectivity index (χ4n) is 1.49. The molecule has 17 heavy (non-hydrogen) atoms. The Balaban J connectivity index is 2.39. The third kappa shape index (κ3) is 2.47. The molecular formula is C13H12N3O. The summed E-state index contributed by atoms with van der Waals surface area (Å²) < 4.78 is 0. The van der Waals surface area contributed by atoms with E-state index in [9.17, 15) is 4.79 Å². The minimum Gasteiger partial charge on any atom is -0.345 e. The molecule has 4 nitrogen and oxygen atoms in total. The van der Waals surface area contributed by atoms with Gasteiger partial charge in [-0.2, -0.15) is 0 Å². The van der Waals surface area contributed by atoms with E-state index in [2.05, 4.69) is 16.2 Å². The lowest BCUT2D eigenvalue weighted by Crippen LogP contribution is -2.21. The fourth-order valence-corrected chi connectivity index (χ4v) is 1.49. The second-order valence-corrected chi connectivity index (χ2v) is 3.81. The Morgan fingerprint density at radius 2 is 2.18 bits per heavy atom. The van der Waals surface area contributed by atoms with Crippen molar-refractivity contribution < 1.29 is 4.79 Å². The highest BCUT2D eigenvalue weighted by molar-refractivity contribution is 5.95. The topological polar surface area (TPSA) is 46.1 Å². The average molecular weight is 226 g/mol. The van der Waals surface area contributed by atoms with Crippen molar-refractivity contribution in [3.8, 4) is 11.3 Å². The number of hydrogen-bond donors (Lipinski definition) is 0. The number of hydrogen-bond acceptors (Lipinski definition) is 3. The summed E-state index contributed by atoms with van der Waals surface area (Å²) in [4.78, 5) is 21.2. The molecule has 0 N–H and O–H groups in total. The third-order valence-corrected chi connectivity index (χ3v) is 2.34. The van der Waals surface area contributed by atoms with E-state index in [0.29, 0.717) is 5.56 Å². The lowest BCUT2D eigenvalue weighted by Gasteiger charge is -2.10. The molecule has 0 saturated carbocycles. The van der Waals surface area contributed by atoms with Crippen molar-refractivity contribution in [1.29, 1.82) is 0 Å². The van der Waals surface area contributed by atoms with Crippen molar-refractivity contribution in [2.24, 2.45) is 0 Å². The molecule has 0 spiro atoms. The molecule has 2 rings (SSSR count). The lowest BCUT2D eigenvalue weighted by atomic mass is 10.1. The number of carbonyl (C=O) groups excluding carboxylic acids is 1. The summed E-state index contributed by atoms with van der Waals surface area (Å²) in [6.07, 6.45) is 4.16. The number of carbonyl (C=O) groups is 1. The Kier molecular flexibility index (Phi) is 3.14. The molecule has 1 aromatic heterocycles. The Morgan fingerprint density at radius 3 is 2.82 bits per heavy atom. The van der Waals surface area contributed by atoms with E-state index in [0.717, 1.165) is 11.3 Å². The van der Waals surface area contributed by atoms with Crippen LogP contribution < -0.4 is 0 Å². The second kappa shape index (κ2) is 4.74. The molecule has 0 aliphatic heterocycles. The first-order valence-electron chi connectivity index (χ1n) is 5.18. The van der Waals surface area contributed by atoms with Crippen molar-refractivity contribution in [1.82, 2.24) is 14.9 Å². The Bertz CT molecular complexity index is 523. The second-order valence-electron chi connectivity index (χ2n) is 3.81. The predicted molar refractivity (Wildman–Crippen MR) is 64.3 cm³/mol. The van der Waals surface area contributed by atoms with Crippen LogP contribution in [0.3, 0.4) is 0 Å². The minimum absolute atomic E-state index is 0.0233. The van der Waals surface area contributed by atoms with Crippen molar-refractivity contribution in [2.75, 3.05) is 14.1 Å². The van der Waals surface area contributed by atoms with Crippen LogP contribution in [0.2, 0.25) is 0 Å². The zero-order valence-electron chi connectivity index (χ0n) is 9.71. The largest absolute Gasteiger partial charge is 0.345 e. The van der Waals surface area contributed by atoms with E-state index in [4.69, 9.17) is 0 Å². The summed E-state index contributed by atoms with van der Waals surface area (Å²) in [5.41, 5.74) is 2.29. The summed E-state index contributed by atoms with van der Waals surface area (Å²) in [5, 5.41) is 0. The molecule has 2 aromatic rings. The molecule has 0 aliphatic carbocycles. The van der Waals surface area contributed by atoms with Gasteiger partial charge < -0.3 is 4.90 Å². The van der Waals surface area contributed by atoms with Gasteiger partial charge >= 0.3 is 0 Å². The third-order valence-electron chi connectivity index (χ3n) is 2.34. The van der Waals surface area contributed by atoms with E-state index in [1.165, 1.54) is 6.33 Å². The van der Waals surface area contributed by atoms with Crippen molar-refractivity contribution in [3.05, 3.63) is 48.4 Å². The van der Waals surface area contributed by atoms with Gasteiger partial charge in [-0.05, 0) is 18.2 Å². The maximum atomic E-state index is 11.8. The van der Waals surface area contributed by atoms with Crippen LogP contribution >= 0.6 is 0 Å². The van der Waals surface area contributed by atoms with Gasteiger partial charge in [-0.25, -0.2) is 9.97 Å². The van der Waals surface area contributed by atoms with Gasteiger partial charge in [-0.3, -0.25) is 4.79 Å². The van der Waals surface area contributed by atoms with Gasteiger partial charge in [0.25, 0.3) is 5.91 Å². The van der Waals surface area contributed by atoms with Gasteiger partial charge in [0.1, 0.15) is 6.33 Å². The van der Waals surface area contributed by atoms with E-state index >= 15 is 0 Å². The fraction of sp³-hybridized carbons (Fsp3) is 0.154. The van der Waals surface area contributed by atoms with Gasteiger partial charge in [-0.1, -0.05) is 12.1 Å². The van der Waals surface area contributed by atoms with E-state index in [-0.39, 0.29) is 5.91 Å². The van der Waals surface area contributed by atoms with Crippen LogP contribution in [0.4, 0.5) is 0 Å². The first kappa shape index (κ1) is 11.3. The smallest absolute Gasteiger partial charge is 0.253 e. The summed E-state index contributed by atoms with van der Waals surface area (Å²) in [7, 11) is 3.46. The molecule has 4 heteroatoms. The quantitative estimate of drug-likeness (QED) is 0.782. The first-order valence-corrected chi connectivity index (χ1v) is 5.18. The molecule has 0 saturated heterocycles. The zero-order chi connectivity index (χ0) is 12.3. The molecule has 85 valence electrons. The molecule has 1 heterocycles. The van der Waals surface area contributed by atoms with Crippen LogP contribution in [0.15, 0.2) is 36.7 Å². The normalized spacial score (nSPS) is 10.0. The lowest BCUT2D eigenvalue weighted by molar-refractivity contribution is 0.0827. The standard InChI is InChI=1S/C13H12N3O/c1-16(2)13(17)11-5-3-4-10(8-11)12-6-7-14-9-15-12/h3-6,8-9H,1-2H3. The van der Waals surface area contributed by atoms with E-state index < -0.39 is 0 Å². The Labute approximate surface area is 99.9 Å². The molecule has 0 unspecified atom stereocenters. The summed E-state index contributed by atoms with van der Waals surface area (Å²) in [5.74, 6) is -0.0233. The van der Waals surface area contributed by atoms with Crippen LogP contribution in [-0.2, 0) is 0 Å². The SMILES string of the molecule is CN(C)C(=O)c1cccc(-c2c[c]ncn2)c1. The van der Waals surface area contributed by atoms with Gasteiger partial charge in [-0.15, -0.1) is 0 Å². The predicted octanol–water partition coefficient (Wildman–Crippen LogP) is 1.65. The highest BCUT2D eigenvalue weighted by atomic mass is 16.2. The van der Waals surface area contributed by atoms with Crippen molar-refractivity contribution in [2.45, 2.75) is 0 Å². The molecule has 0 atom stereocenters. The first-order chi connectivity index (χ1) is 8.18. The van der Waals surface area contributed by atoms with E-state index in [1.54, 1.807) is 31.1 Å². The van der Waals surface area contributed by atoms with Crippen molar-refractivity contribution >= 4 is 5.91 Å². The monoisotopic (exact) mass is 226 g/mol. The highest BCUT2D eigenvalue weighted by Crippen LogP contribution is 2.17. The van der Waals surface area contributed by atoms with Crippen LogP contribution in [0.5, 0.6) is 0 Å². The average Bonchev–Trinajstić information content (AvgIpc) is 2.39. The van der Waals surface area contributed by atoms with Crippen LogP contribution in [0.25, 0.3) is 11.3 Å². The number of rotatable bonds is 2. The van der Waals surface area contributed by atoms with Crippen LogP contribution in [0, 0.1) is 6.20 Å². The number of benzene rings is 1. The maximum absolute atomic E-state index is 11.8. The zero-order valence-corrected chi connectivity index (χ0v) is 9.71. The minimum atomic E-state index is -0.0233. The Hall–Kier alpha value is -2.23. The van der Waals surface area contributed by atoms with Gasteiger partial charge in [0, 0.05) is 25.2 Å². The molecule has 0 bridgehead atoms. The van der Waals surface area contributed by atoms with Crippen molar-refractivity contribution in [3.63, 3.8) is 0 Å². The summed E-state index contributed by atoms with van der Waals surface area (Å²) in [6, 6.07) is 9.05. The molecular weight excluding hydrogens is 214 g/mol. The summed E-state index contributed by atoms with van der Waals surface area (Å²) >= 11 is 0. The number of amides is 1. The molecule has 0 aliphatic rings. The van der Waals surface area contributed by atoms with Gasteiger partial charge in [0.2, 0.25) is 0 Å². The molecule has 1 amide bonds. The Morgan fingerprint density at radius 1 is 1.35 bits per heavy atom. The van der Waals surface area contributed by atoms with Crippen LogP contribution in [-0.4, -0.2) is 34.9 Å². The molecule has 0 fully saturated rings. The van der Waals surface area contributed by atoms with Gasteiger partial charge in [0.05, 0.1) is 11.9 Å². The molecule has 1 aromatic carbocycles. The number of nitrogens with zero attached hydrogens (tertiary/aromatic N) is 3. The summed E-state index contributed by atoms with van der Waals surface area (Å²) in [6.45, 7) is 0. The number of aromatic nitrogens is 2. The van der Waals surface area contributed by atoms with Gasteiger partial charge in [0.15, 0.2) is 0 Å². The van der Waals surface area contributed by atoms with Crippen LogP contribution in [0.1, 0.15) is 10.4 Å². The molecule has 1 radical (unpaired) electrons. The maximum Gasteiger partial charge on any atom is 0.253 e. The van der Waals surface area contributed by atoms with E-state index in [1.807, 2.05) is 18.2 Å². The highest BCUT2D eigenvalue weighted by Gasteiger charge is 2.09.